The van der Waals surface area contributed by atoms with Crippen LogP contribution < -0.4 is 19.5 Å². The Morgan fingerprint density at radius 2 is 1.69 bits per heavy atom. The number of anilines is 1. The first-order valence-electron chi connectivity index (χ1n) is 8.45. The molecule has 0 saturated carbocycles. The lowest BCUT2D eigenvalue weighted by molar-refractivity contribution is -0.123. The number of aromatic nitrogens is 2. The summed E-state index contributed by atoms with van der Waals surface area (Å²) in [6.07, 6.45) is 0.706. The van der Waals surface area contributed by atoms with Crippen LogP contribution in [0.2, 0.25) is 0 Å². The van der Waals surface area contributed by atoms with Gasteiger partial charge in [0.1, 0.15) is 5.69 Å². The molecule has 1 heterocycles. The van der Waals surface area contributed by atoms with Gasteiger partial charge in [0.15, 0.2) is 11.5 Å². The summed E-state index contributed by atoms with van der Waals surface area (Å²) in [6.45, 7) is 7.60. The summed E-state index contributed by atoms with van der Waals surface area (Å²) in [7, 11) is 4.68. The maximum absolute atomic E-state index is 12.5. The van der Waals surface area contributed by atoms with Crippen molar-refractivity contribution in [1.82, 2.24) is 10.2 Å². The van der Waals surface area contributed by atoms with Crippen LogP contribution in [0.4, 0.5) is 5.69 Å². The summed E-state index contributed by atoms with van der Waals surface area (Å²) in [6, 6.07) is 3.62. The average Bonchev–Trinajstić information content (AvgIpc) is 3.02. The molecule has 142 valence electrons. The number of aromatic amines is 1. The lowest BCUT2D eigenvalue weighted by Gasteiger charge is -2.19. The van der Waals surface area contributed by atoms with Crippen molar-refractivity contribution in [3.05, 3.63) is 17.8 Å². The van der Waals surface area contributed by atoms with Crippen LogP contribution in [-0.2, 0) is 11.2 Å². The molecular weight excluding hydrogens is 334 g/mol. The Bertz CT molecular complexity index is 766. The summed E-state index contributed by atoms with van der Waals surface area (Å²) in [5, 5.41) is 10.4. The lowest BCUT2D eigenvalue weighted by Crippen LogP contribution is -2.28. The van der Waals surface area contributed by atoms with Crippen LogP contribution in [-0.4, -0.2) is 37.4 Å². The predicted octanol–water partition coefficient (Wildman–Crippen LogP) is 3.65. The van der Waals surface area contributed by atoms with E-state index in [1.165, 1.54) is 0 Å². The van der Waals surface area contributed by atoms with E-state index in [1.54, 1.807) is 21.3 Å². The number of rotatable bonds is 6. The number of aryl methyl sites for hydroxylation is 1. The topological polar surface area (TPSA) is 85.5 Å². The Balaban J connectivity index is 2.59. The van der Waals surface area contributed by atoms with Crippen LogP contribution in [0.25, 0.3) is 11.3 Å². The third kappa shape index (κ3) is 3.76. The number of nitrogens with one attached hydrogen (secondary N) is 2. The molecule has 0 radical (unpaired) electrons. The zero-order valence-electron chi connectivity index (χ0n) is 16.4. The zero-order chi connectivity index (χ0) is 19.5. The van der Waals surface area contributed by atoms with Gasteiger partial charge in [-0.05, 0) is 18.6 Å². The molecule has 0 bridgehead atoms. The summed E-state index contributed by atoms with van der Waals surface area (Å²) in [4.78, 5) is 12.5. The quantitative estimate of drug-likeness (QED) is 0.820. The maximum Gasteiger partial charge on any atom is 0.229 e. The SMILES string of the molecule is CCc1[nH]nc(-c2cc(OC)c(OC)c(OC)c2)c1NC(=O)C(C)(C)C. The van der Waals surface area contributed by atoms with Gasteiger partial charge in [-0.1, -0.05) is 27.7 Å². The third-order valence-corrected chi connectivity index (χ3v) is 4.05. The van der Waals surface area contributed by atoms with E-state index in [-0.39, 0.29) is 5.91 Å². The first-order valence-corrected chi connectivity index (χ1v) is 8.45. The highest BCUT2D eigenvalue weighted by Gasteiger charge is 2.25. The van der Waals surface area contributed by atoms with E-state index >= 15 is 0 Å². The van der Waals surface area contributed by atoms with E-state index in [2.05, 4.69) is 15.5 Å². The van der Waals surface area contributed by atoms with Crippen LogP contribution in [0, 0.1) is 5.41 Å². The molecule has 0 atom stereocenters. The van der Waals surface area contributed by atoms with Gasteiger partial charge in [-0.3, -0.25) is 9.89 Å². The minimum absolute atomic E-state index is 0.0812. The van der Waals surface area contributed by atoms with Crippen LogP contribution in [0.3, 0.4) is 0 Å². The highest BCUT2D eigenvalue weighted by atomic mass is 16.5. The summed E-state index contributed by atoms with van der Waals surface area (Å²) < 4.78 is 16.2. The summed E-state index contributed by atoms with van der Waals surface area (Å²) in [5.41, 5.74) is 2.38. The molecule has 7 nitrogen and oxygen atoms in total. The van der Waals surface area contributed by atoms with Crippen LogP contribution in [0.1, 0.15) is 33.4 Å². The zero-order valence-corrected chi connectivity index (χ0v) is 16.4. The van der Waals surface area contributed by atoms with Crippen LogP contribution >= 0.6 is 0 Å². The van der Waals surface area contributed by atoms with Gasteiger partial charge in [-0.25, -0.2) is 0 Å². The van der Waals surface area contributed by atoms with Gasteiger partial charge < -0.3 is 19.5 Å². The van der Waals surface area contributed by atoms with Gasteiger partial charge in [0.25, 0.3) is 0 Å². The van der Waals surface area contributed by atoms with Gasteiger partial charge >= 0.3 is 0 Å². The molecule has 1 amide bonds. The van der Waals surface area contributed by atoms with E-state index in [0.29, 0.717) is 35.1 Å². The minimum atomic E-state index is -0.519. The average molecular weight is 361 g/mol. The number of methoxy groups -OCH3 is 3. The molecule has 0 saturated heterocycles. The number of H-pyrrole nitrogens is 1. The molecule has 2 aromatic rings. The van der Waals surface area contributed by atoms with Crippen molar-refractivity contribution < 1.29 is 19.0 Å². The molecule has 0 spiro atoms. The van der Waals surface area contributed by atoms with Gasteiger partial charge in [-0.15, -0.1) is 0 Å². The van der Waals surface area contributed by atoms with Crippen molar-refractivity contribution in [3.63, 3.8) is 0 Å². The predicted molar refractivity (Wildman–Crippen MR) is 101 cm³/mol. The number of hydrogen-bond donors (Lipinski definition) is 2. The Hall–Kier alpha value is -2.70. The smallest absolute Gasteiger partial charge is 0.229 e. The number of hydrogen-bond acceptors (Lipinski definition) is 5. The minimum Gasteiger partial charge on any atom is -0.493 e. The van der Waals surface area contributed by atoms with E-state index < -0.39 is 5.41 Å². The fourth-order valence-electron chi connectivity index (χ4n) is 2.50. The van der Waals surface area contributed by atoms with Crippen LogP contribution in [0.15, 0.2) is 12.1 Å². The van der Waals surface area contributed by atoms with E-state index in [0.717, 1.165) is 11.3 Å². The number of amides is 1. The molecule has 0 fully saturated rings. The number of ether oxygens (including phenoxy) is 3. The normalized spacial score (nSPS) is 11.2. The van der Waals surface area contributed by atoms with Crippen molar-refractivity contribution in [2.24, 2.45) is 5.41 Å². The van der Waals surface area contributed by atoms with Crippen molar-refractivity contribution in [2.45, 2.75) is 34.1 Å². The molecule has 0 aliphatic heterocycles. The summed E-state index contributed by atoms with van der Waals surface area (Å²) in [5.74, 6) is 1.47. The first kappa shape index (κ1) is 19.6. The monoisotopic (exact) mass is 361 g/mol. The molecule has 0 aliphatic carbocycles. The van der Waals surface area contributed by atoms with Crippen LogP contribution in [0.5, 0.6) is 17.2 Å². The molecular formula is C19H27N3O4. The fourth-order valence-corrected chi connectivity index (χ4v) is 2.50. The Morgan fingerprint density at radius 1 is 1.12 bits per heavy atom. The van der Waals surface area contributed by atoms with Crippen molar-refractivity contribution in [2.75, 3.05) is 26.6 Å². The number of carbonyl (C=O) groups is 1. The third-order valence-electron chi connectivity index (χ3n) is 4.05. The lowest BCUT2D eigenvalue weighted by atomic mass is 9.95. The second-order valence-corrected chi connectivity index (χ2v) is 6.90. The molecule has 2 rings (SSSR count). The molecule has 26 heavy (non-hydrogen) atoms. The maximum atomic E-state index is 12.5. The molecule has 1 aromatic carbocycles. The highest BCUT2D eigenvalue weighted by molar-refractivity contribution is 5.98. The summed E-state index contributed by atoms with van der Waals surface area (Å²) >= 11 is 0. The number of nitrogens with zero attached hydrogens (tertiary/aromatic N) is 1. The van der Waals surface area contributed by atoms with Crippen molar-refractivity contribution in [3.8, 4) is 28.5 Å². The fraction of sp³-hybridized carbons (Fsp3) is 0.474. The Labute approximate surface area is 154 Å². The number of benzene rings is 1. The van der Waals surface area contributed by atoms with Crippen molar-refractivity contribution in [1.29, 1.82) is 0 Å². The van der Waals surface area contributed by atoms with E-state index in [1.807, 2.05) is 39.8 Å². The van der Waals surface area contributed by atoms with Gasteiger partial charge in [-0.2, -0.15) is 5.10 Å². The molecule has 7 heteroatoms. The largest absolute Gasteiger partial charge is 0.493 e. The van der Waals surface area contributed by atoms with E-state index in [4.69, 9.17) is 14.2 Å². The standard InChI is InChI=1S/C19H27N3O4/c1-8-12-16(20-18(23)19(2,3)4)15(22-21-12)11-9-13(24-5)17(26-7)14(10-11)25-6/h9-10H,8H2,1-7H3,(H,20,23)(H,21,22). The highest BCUT2D eigenvalue weighted by Crippen LogP contribution is 2.42. The molecule has 0 unspecified atom stereocenters. The number of carbonyl (C=O) groups excluding carboxylic acids is 1. The molecule has 2 N–H and O–H groups in total. The Morgan fingerprint density at radius 3 is 2.12 bits per heavy atom. The van der Waals surface area contributed by atoms with Gasteiger partial charge in [0, 0.05) is 11.0 Å². The van der Waals surface area contributed by atoms with Gasteiger partial charge in [0.05, 0.1) is 32.7 Å². The van der Waals surface area contributed by atoms with Crippen molar-refractivity contribution >= 4 is 11.6 Å². The first-order chi connectivity index (χ1) is 12.3. The van der Waals surface area contributed by atoms with Gasteiger partial charge in [0.2, 0.25) is 11.7 Å². The Kier molecular flexibility index (Phi) is 5.79. The molecule has 1 aromatic heterocycles. The second kappa shape index (κ2) is 7.68. The van der Waals surface area contributed by atoms with E-state index in [9.17, 15) is 4.79 Å². The second-order valence-electron chi connectivity index (χ2n) is 6.90. The molecule has 0 aliphatic rings.